The van der Waals surface area contributed by atoms with Gasteiger partial charge in [0, 0.05) is 18.5 Å². The van der Waals surface area contributed by atoms with Crippen LogP contribution in [0.15, 0.2) is 54.6 Å². The molecular weight excluding hydrogens is 502 g/mol. The molecule has 2 aromatic rings. The van der Waals surface area contributed by atoms with Crippen LogP contribution < -0.4 is 10.6 Å². The molecule has 2 unspecified atom stereocenters. The lowest BCUT2D eigenvalue weighted by Gasteiger charge is -2.44. The number of nitrogens with one attached hydrogen (secondary N) is 2. The van der Waals surface area contributed by atoms with Crippen molar-refractivity contribution in [2.75, 3.05) is 0 Å². The van der Waals surface area contributed by atoms with E-state index in [1.807, 2.05) is 61.5 Å². The molecule has 0 aliphatic heterocycles. The summed E-state index contributed by atoms with van der Waals surface area (Å²) in [5.74, 6) is -0.404. The van der Waals surface area contributed by atoms with Crippen molar-refractivity contribution in [1.29, 1.82) is 0 Å². The monoisotopic (exact) mass is 547 g/mol. The number of ether oxygens (including phenoxy) is 1. The highest BCUT2D eigenvalue weighted by Crippen LogP contribution is 2.34. The zero-order valence-corrected chi connectivity index (χ0v) is 24.4. The third kappa shape index (κ3) is 8.09. The minimum Gasteiger partial charge on any atom is -0.444 e. The average molecular weight is 548 g/mol. The van der Waals surface area contributed by atoms with Gasteiger partial charge in [-0.05, 0) is 70.9 Å². The Morgan fingerprint density at radius 1 is 0.925 bits per heavy atom. The number of hydrogen-bond acceptors (Lipinski definition) is 4. The molecule has 0 aromatic heterocycles. The molecule has 216 valence electrons. The molecule has 2 fully saturated rings. The molecule has 2 aromatic carbocycles. The third-order valence-corrected chi connectivity index (χ3v) is 7.83. The lowest BCUT2D eigenvalue weighted by molar-refractivity contribution is -0.147. The van der Waals surface area contributed by atoms with Crippen LogP contribution in [0.4, 0.5) is 4.79 Å². The number of amides is 3. The molecule has 2 aliphatic rings. The quantitative estimate of drug-likeness (QED) is 0.403. The fourth-order valence-electron chi connectivity index (χ4n) is 5.67. The number of carbonyl (C=O) groups is 3. The summed E-state index contributed by atoms with van der Waals surface area (Å²) in [4.78, 5) is 43.3. The zero-order chi connectivity index (χ0) is 28.7. The summed E-state index contributed by atoms with van der Waals surface area (Å²) in [5, 5.41) is 6.15. The molecule has 2 N–H and O–H groups in total. The first-order valence-corrected chi connectivity index (χ1v) is 14.8. The van der Waals surface area contributed by atoms with Gasteiger partial charge >= 0.3 is 6.09 Å². The molecule has 0 heterocycles. The van der Waals surface area contributed by atoms with Crippen molar-refractivity contribution in [3.05, 3.63) is 71.3 Å². The lowest BCUT2D eigenvalue weighted by atomic mass is 9.87. The Hall–Kier alpha value is -3.35. The SMILES string of the molecule is Cc1cccc(C(C(=O)NC2CCCCC2)N(C(=O)C(Cc2ccccc2)NC(=O)OC(C)(C)C)C2CCC2)c1. The summed E-state index contributed by atoms with van der Waals surface area (Å²) in [6, 6.07) is 15.9. The fourth-order valence-corrected chi connectivity index (χ4v) is 5.67. The molecule has 7 heteroatoms. The maximum absolute atomic E-state index is 14.6. The van der Waals surface area contributed by atoms with Gasteiger partial charge in [0.1, 0.15) is 17.7 Å². The Balaban J connectivity index is 1.69. The summed E-state index contributed by atoms with van der Waals surface area (Å²) in [6.07, 6.45) is 7.63. The smallest absolute Gasteiger partial charge is 0.408 e. The topological polar surface area (TPSA) is 87.7 Å². The summed E-state index contributed by atoms with van der Waals surface area (Å²) >= 11 is 0. The van der Waals surface area contributed by atoms with Crippen molar-refractivity contribution in [2.24, 2.45) is 0 Å². The van der Waals surface area contributed by atoms with Crippen molar-refractivity contribution < 1.29 is 19.1 Å². The van der Waals surface area contributed by atoms with Crippen LogP contribution in [-0.2, 0) is 20.7 Å². The Kier molecular flexibility index (Phi) is 9.88. The first kappa shape index (κ1) is 29.6. The second-order valence-electron chi connectivity index (χ2n) is 12.4. The van der Waals surface area contributed by atoms with E-state index in [-0.39, 0.29) is 23.9 Å². The summed E-state index contributed by atoms with van der Waals surface area (Å²) in [7, 11) is 0. The molecule has 2 saturated carbocycles. The van der Waals surface area contributed by atoms with Gasteiger partial charge in [-0.3, -0.25) is 9.59 Å². The van der Waals surface area contributed by atoms with Crippen molar-refractivity contribution >= 4 is 17.9 Å². The number of aryl methyl sites for hydroxylation is 1. The van der Waals surface area contributed by atoms with Gasteiger partial charge < -0.3 is 20.3 Å². The van der Waals surface area contributed by atoms with Gasteiger partial charge in [0.15, 0.2) is 0 Å². The molecular formula is C33H45N3O4. The van der Waals surface area contributed by atoms with E-state index in [1.54, 1.807) is 25.7 Å². The molecule has 40 heavy (non-hydrogen) atoms. The molecule has 2 atom stereocenters. The molecule has 2 aliphatic carbocycles. The van der Waals surface area contributed by atoms with Crippen LogP contribution in [0.1, 0.15) is 94.9 Å². The normalized spacial score (nSPS) is 17.7. The number of carbonyl (C=O) groups excluding carboxylic acids is 3. The third-order valence-electron chi connectivity index (χ3n) is 7.83. The fraction of sp³-hybridized carbons (Fsp3) is 0.545. The second kappa shape index (κ2) is 13.3. The van der Waals surface area contributed by atoms with Crippen LogP contribution in [-0.4, -0.2) is 46.5 Å². The number of nitrogens with zero attached hydrogens (tertiary/aromatic N) is 1. The summed E-state index contributed by atoms with van der Waals surface area (Å²) in [5.41, 5.74) is 2.04. The van der Waals surface area contributed by atoms with Crippen LogP contribution in [0.25, 0.3) is 0 Å². The van der Waals surface area contributed by atoms with Crippen molar-refractivity contribution in [2.45, 2.75) is 115 Å². The average Bonchev–Trinajstić information content (AvgIpc) is 2.86. The van der Waals surface area contributed by atoms with Gasteiger partial charge in [0.2, 0.25) is 11.8 Å². The van der Waals surface area contributed by atoms with Crippen LogP contribution >= 0.6 is 0 Å². The van der Waals surface area contributed by atoms with E-state index >= 15 is 0 Å². The van der Waals surface area contributed by atoms with Gasteiger partial charge in [-0.15, -0.1) is 0 Å². The number of hydrogen-bond donors (Lipinski definition) is 2. The van der Waals surface area contributed by atoms with Crippen LogP contribution in [0.2, 0.25) is 0 Å². The molecule has 0 spiro atoms. The Labute approximate surface area is 239 Å². The highest BCUT2D eigenvalue weighted by Gasteiger charge is 2.42. The predicted molar refractivity (Wildman–Crippen MR) is 157 cm³/mol. The Morgan fingerprint density at radius 2 is 1.62 bits per heavy atom. The minimum atomic E-state index is -0.882. The van der Waals surface area contributed by atoms with Crippen LogP contribution in [0, 0.1) is 6.92 Å². The van der Waals surface area contributed by atoms with E-state index < -0.39 is 23.8 Å². The highest BCUT2D eigenvalue weighted by molar-refractivity contribution is 5.92. The largest absolute Gasteiger partial charge is 0.444 e. The Morgan fingerprint density at radius 3 is 2.23 bits per heavy atom. The maximum Gasteiger partial charge on any atom is 0.408 e. The number of rotatable bonds is 9. The summed E-state index contributed by atoms with van der Waals surface area (Å²) < 4.78 is 5.55. The van der Waals surface area contributed by atoms with Crippen molar-refractivity contribution in [3.63, 3.8) is 0 Å². The molecule has 3 amide bonds. The highest BCUT2D eigenvalue weighted by atomic mass is 16.6. The standard InChI is InChI=1S/C33H45N3O4/c1-23-13-11-16-25(21-23)29(30(37)34-26-17-9-6-10-18-26)36(27-19-12-20-27)31(38)28(22-24-14-7-5-8-15-24)35-32(39)40-33(2,3)4/h5,7-8,11,13-16,21,26-29H,6,9-10,12,17-20,22H2,1-4H3,(H,34,37)(H,35,39). The Bertz CT molecular complexity index is 1150. The van der Waals surface area contributed by atoms with Crippen LogP contribution in [0.5, 0.6) is 0 Å². The van der Waals surface area contributed by atoms with Crippen molar-refractivity contribution in [1.82, 2.24) is 15.5 Å². The van der Waals surface area contributed by atoms with E-state index in [0.29, 0.717) is 6.42 Å². The van der Waals surface area contributed by atoms with Crippen molar-refractivity contribution in [3.8, 4) is 0 Å². The first-order valence-electron chi connectivity index (χ1n) is 14.8. The zero-order valence-electron chi connectivity index (χ0n) is 24.4. The minimum absolute atomic E-state index is 0.0752. The lowest BCUT2D eigenvalue weighted by Crippen LogP contribution is -2.58. The van der Waals surface area contributed by atoms with E-state index in [4.69, 9.17) is 4.74 Å². The molecule has 7 nitrogen and oxygen atoms in total. The van der Waals surface area contributed by atoms with Gasteiger partial charge in [-0.2, -0.15) is 0 Å². The molecule has 4 rings (SSSR count). The first-order chi connectivity index (χ1) is 19.1. The predicted octanol–water partition coefficient (Wildman–Crippen LogP) is 6.00. The second-order valence-corrected chi connectivity index (χ2v) is 12.4. The maximum atomic E-state index is 14.6. The van der Waals surface area contributed by atoms with Gasteiger partial charge in [0.05, 0.1) is 0 Å². The number of benzene rings is 2. The molecule has 0 radical (unpaired) electrons. The van der Waals surface area contributed by atoms with E-state index in [2.05, 4.69) is 10.6 Å². The molecule has 0 saturated heterocycles. The van der Waals surface area contributed by atoms with Gasteiger partial charge in [-0.1, -0.05) is 79.4 Å². The van der Waals surface area contributed by atoms with E-state index in [1.165, 1.54) is 6.42 Å². The van der Waals surface area contributed by atoms with Crippen LogP contribution in [0.3, 0.4) is 0 Å². The summed E-state index contributed by atoms with van der Waals surface area (Å²) in [6.45, 7) is 7.39. The van der Waals surface area contributed by atoms with E-state index in [0.717, 1.165) is 61.6 Å². The van der Waals surface area contributed by atoms with Gasteiger partial charge in [-0.25, -0.2) is 4.79 Å². The van der Waals surface area contributed by atoms with Gasteiger partial charge in [0.25, 0.3) is 0 Å². The number of alkyl carbamates (subject to hydrolysis) is 1. The molecule has 0 bridgehead atoms. The van der Waals surface area contributed by atoms with E-state index in [9.17, 15) is 14.4 Å².